The number of hydrogen-bond acceptors (Lipinski definition) is 2. The van der Waals surface area contributed by atoms with Gasteiger partial charge in [0.15, 0.2) is 0 Å². The molecule has 0 saturated carbocycles. The van der Waals surface area contributed by atoms with Gasteiger partial charge in [-0.2, -0.15) is 0 Å². The maximum Gasteiger partial charge on any atom is 0.243 e. The molecule has 80 valence electrons. The first-order valence-electron chi connectivity index (χ1n) is 4.98. The fourth-order valence-electron chi connectivity index (χ4n) is 1.59. The lowest BCUT2D eigenvalue weighted by molar-refractivity contribution is -0.422. The second-order valence-corrected chi connectivity index (χ2v) is 3.65. The molecule has 0 N–H and O–H groups in total. The fourth-order valence-corrected chi connectivity index (χ4v) is 1.59. The van der Waals surface area contributed by atoms with E-state index < -0.39 is 0 Å². The maximum atomic E-state index is 10.5. The van der Waals surface area contributed by atoms with Crippen LogP contribution in [0.1, 0.15) is 12.5 Å². The summed E-state index contributed by atoms with van der Waals surface area (Å²) in [5, 5.41) is 12.7. The summed E-state index contributed by atoms with van der Waals surface area (Å²) in [5.74, 6) is 0. The molecule has 2 aromatic rings. The summed E-state index contributed by atoms with van der Waals surface area (Å²) >= 11 is 0. The van der Waals surface area contributed by atoms with E-state index in [1.807, 2.05) is 42.5 Å². The van der Waals surface area contributed by atoms with Gasteiger partial charge in [-0.1, -0.05) is 36.4 Å². The Kier molecular flexibility index (Phi) is 2.68. The van der Waals surface area contributed by atoms with Crippen molar-refractivity contribution in [2.45, 2.75) is 6.92 Å². The normalized spacial score (nSPS) is 11.7. The monoisotopic (exact) mass is 213 g/mol. The van der Waals surface area contributed by atoms with Crippen LogP contribution in [0.2, 0.25) is 0 Å². The van der Waals surface area contributed by atoms with Crippen LogP contribution >= 0.6 is 0 Å². The second kappa shape index (κ2) is 4.14. The van der Waals surface area contributed by atoms with Crippen molar-refractivity contribution in [3.05, 3.63) is 63.8 Å². The van der Waals surface area contributed by atoms with Gasteiger partial charge in [-0.3, -0.25) is 10.1 Å². The summed E-state index contributed by atoms with van der Waals surface area (Å²) in [5.41, 5.74) is 1.00. The van der Waals surface area contributed by atoms with E-state index in [4.69, 9.17) is 0 Å². The highest BCUT2D eigenvalue weighted by molar-refractivity contribution is 5.84. The quantitative estimate of drug-likeness (QED) is 0.566. The Morgan fingerprint density at radius 1 is 1.19 bits per heavy atom. The number of nitro groups is 1. The number of hydrogen-bond donors (Lipinski definition) is 0. The number of fused-ring (bicyclic) bond motifs is 1. The van der Waals surface area contributed by atoms with Gasteiger partial charge in [0, 0.05) is 13.0 Å². The molecule has 0 unspecified atom stereocenters. The summed E-state index contributed by atoms with van der Waals surface area (Å²) in [6, 6.07) is 13.7. The van der Waals surface area contributed by atoms with Crippen molar-refractivity contribution in [1.29, 1.82) is 0 Å². The third-order valence-electron chi connectivity index (χ3n) is 2.44. The molecule has 0 aromatic heterocycles. The van der Waals surface area contributed by atoms with Crippen LogP contribution in [0.5, 0.6) is 0 Å². The summed E-state index contributed by atoms with van der Waals surface area (Å²) in [7, 11) is 0. The number of benzene rings is 2. The zero-order valence-electron chi connectivity index (χ0n) is 8.88. The van der Waals surface area contributed by atoms with Crippen LogP contribution in [-0.2, 0) is 0 Å². The van der Waals surface area contributed by atoms with Crippen LogP contribution in [-0.4, -0.2) is 4.92 Å². The molecular weight excluding hydrogens is 202 g/mol. The third kappa shape index (κ3) is 2.08. The Hall–Kier alpha value is -2.16. The van der Waals surface area contributed by atoms with E-state index >= 15 is 0 Å². The van der Waals surface area contributed by atoms with E-state index in [9.17, 15) is 10.1 Å². The fraction of sp³-hybridized carbons (Fsp3) is 0.0769. The van der Waals surface area contributed by atoms with Gasteiger partial charge in [-0.05, 0) is 22.4 Å². The predicted octanol–water partition coefficient (Wildman–Crippen LogP) is 3.48. The highest BCUT2D eigenvalue weighted by Gasteiger charge is 2.02. The molecule has 0 heterocycles. The molecule has 0 saturated heterocycles. The smallest absolute Gasteiger partial charge is 0.243 e. The molecule has 0 aliphatic heterocycles. The molecule has 0 aliphatic carbocycles. The first-order valence-corrected chi connectivity index (χ1v) is 4.98. The van der Waals surface area contributed by atoms with Gasteiger partial charge in [0.25, 0.3) is 0 Å². The Balaban J connectivity index is 2.47. The van der Waals surface area contributed by atoms with Crippen molar-refractivity contribution >= 4 is 16.8 Å². The average molecular weight is 213 g/mol. The molecule has 0 radical (unpaired) electrons. The van der Waals surface area contributed by atoms with Gasteiger partial charge in [0.1, 0.15) is 0 Å². The van der Waals surface area contributed by atoms with Crippen LogP contribution in [0.15, 0.2) is 48.2 Å². The summed E-state index contributed by atoms with van der Waals surface area (Å²) in [6.45, 7) is 1.50. The van der Waals surface area contributed by atoms with Crippen molar-refractivity contribution in [2.24, 2.45) is 0 Å². The Bertz CT molecular complexity index is 573. The molecule has 0 spiro atoms. The predicted molar refractivity (Wildman–Crippen MR) is 64.6 cm³/mol. The summed E-state index contributed by atoms with van der Waals surface area (Å²) < 4.78 is 0. The lowest BCUT2D eigenvalue weighted by Crippen LogP contribution is -1.92. The second-order valence-electron chi connectivity index (χ2n) is 3.65. The van der Waals surface area contributed by atoms with E-state index in [0.29, 0.717) is 0 Å². The minimum absolute atomic E-state index is 0.148. The maximum absolute atomic E-state index is 10.5. The molecule has 16 heavy (non-hydrogen) atoms. The molecule has 3 heteroatoms. The van der Waals surface area contributed by atoms with Crippen molar-refractivity contribution in [3.63, 3.8) is 0 Å². The van der Waals surface area contributed by atoms with Crippen molar-refractivity contribution in [2.75, 3.05) is 0 Å². The van der Waals surface area contributed by atoms with E-state index in [1.165, 1.54) is 6.92 Å². The molecule has 2 rings (SSSR count). The van der Waals surface area contributed by atoms with Gasteiger partial charge in [0.05, 0.1) is 4.92 Å². The average Bonchev–Trinajstić information content (AvgIpc) is 2.28. The number of allylic oxidation sites excluding steroid dienone is 1. The summed E-state index contributed by atoms with van der Waals surface area (Å²) in [6.07, 6.45) is 1.58. The van der Waals surface area contributed by atoms with Gasteiger partial charge >= 0.3 is 0 Å². The molecule has 0 aliphatic rings. The highest BCUT2D eigenvalue weighted by Crippen LogP contribution is 2.17. The third-order valence-corrected chi connectivity index (χ3v) is 2.44. The molecule has 0 fully saturated rings. The van der Waals surface area contributed by atoms with Crippen LogP contribution in [0.4, 0.5) is 0 Å². The van der Waals surface area contributed by atoms with E-state index in [2.05, 4.69) is 0 Å². The van der Waals surface area contributed by atoms with Gasteiger partial charge in [-0.25, -0.2) is 0 Å². The molecule has 2 aromatic carbocycles. The van der Waals surface area contributed by atoms with Gasteiger partial charge < -0.3 is 0 Å². The van der Waals surface area contributed by atoms with E-state index in [1.54, 1.807) is 6.08 Å². The zero-order chi connectivity index (χ0) is 11.5. The minimum Gasteiger partial charge on any atom is -0.259 e. The number of rotatable bonds is 2. The highest BCUT2D eigenvalue weighted by atomic mass is 16.6. The molecule has 0 atom stereocenters. The standard InChI is InChI=1S/C13H11NO2/c1-10(14(15)16)8-11-6-7-12-4-2-3-5-13(12)9-11/h2-9H,1H3/b10-8-. The Morgan fingerprint density at radius 2 is 1.88 bits per heavy atom. The zero-order valence-corrected chi connectivity index (χ0v) is 8.88. The molecular formula is C13H11NO2. The molecule has 3 nitrogen and oxygen atoms in total. The Labute approximate surface area is 93.2 Å². The van der Waals surface area contributed by atoms with Gasteiger partial charge in [0.2, 0.25) is 5.70 Å². The van der Waals surface area contributed by atoms with Crippen LogP contribution in [0.25, 0.3) is 16.8 Å². The lowest BCUT2D eigenvalue weighted by Gasteiger charge is -1.98. The molecule has 0 amide bonds. The first kappa shape index (κ1) is 10.4. The topological polar surface area (TPSA) is 43.1 Å². The lowest BCUT2D eigenvalue weighted by atomic mass is 10.1. The van der Waals surface area contributed by atoms with Crippen LogP contribution < -0.4 is 0 Å². The molecule has 0 bridgehead atoms. The van der Waals surface area contributed by atoms with Gasteiger partial charge in [-0.15, -0.1) is 0 Å². The van der Waals surface area contributed by atoms with Crippen LogP contribution in [0, 0.1) is 10.1 Å². The number of nitrogens with zero attached hydrogens (tertiary/aromatic N) is 1. The SMILES string of the molecule is C/C(=C/c1ccc2ccccc2c1)[N+](=O)[O-]. The van der Waals surface area contributed by atoms with Crippen molar-refractivity contribution in [1.82, 2.24) is 0 Å². The van der Waals surface area contributed by atoms with Crippen molar-refractivity contribution in [3.8, 4) is 0 Å². The first-order chi connectivity index (χ1) is 7.66. The Morgan fingerprint density at radius 3 is 2.56 bits per heavy atom. The van der Waals surface area contributed by atoms with E-state index in [0.717, 1.165) is 16.3 Å². The van der Waals surface area contributed by atoms with Crippen molar-refractivity contribution < 1.29 is 4.92 Å². The largest absolute Gasteiger partial charge is 0.259 e. The van der Waals surface area contributed by atoms with E-state index in [-0.39, 0.29) is 10.6 Å². The van der Waals surface area contributed by atoms with Crippen LogP contribution in [0.3, 0.4) is 0 Å². The summed E-state index contributed by atoms with van der Waals surface area (Å²) in [4.78, 5) is 10.1. The minimum atomic E-state index is -0.380.